The van der Waals surface area contributed by atoms with Crippen molar-refractivity contribution in [3.8, 4) is 0 Å². The minimum Gasteiger partial charge on any atom is -0.387 e. The number of hydrogen-bond donors (Lipinski definition) is 8. The molecule has 2 heterocycles. The highest BCUT2D eigenvalue weighted by atomic mass is 31.3. The van der Waals surface area contributed by atoms with Crippen LogP contribution in [0.5, 0.6) is 0 Å². The SMILES string of the molecule is O=Cc1cn([C@H]2O[C@H](C(O)OP(=O)(O)OP(=O)(O)OP(=O)(O)O)[C@@H](O)[C@H]2O)c(=O)[nH]c1=O. The number of H-pyrrole nitrogens is 1. The lowest BCUT2D eigenvalue weighted by atomic mass is 10.1. The molecule has 0 spiro atoms. The molecule has 1 aliphatic heterocycles. The monoisotopic (exact) mass is 528 g/mol. The van der Waals surface area contributed by atoms with Crippen LogP contribution >= 0.6 is 23.5 Å². The quantitative estimate of drug-likeness (QED) is 0.0881. The van der Waals surface area contributed by atoms with Crippen LogP contribution in [0.4, 0.5) is 0 Å². The van der Waals surface area contributed by atoms with Crippen molar-refractivity contribution < 1.29 is 71.3 Å². The highest BCUT2D eigenvalue weighted by molar-refractivity contribution is 7.66. The van der Waals surface area contributed by atoms with Crippen molar-refractivity contribution in [3.05, 3.63) is 32.6 Å². The summed E-state index contributed by atoms with van der Waals surface area (Å²) in [6, 6.07) is 0. The van der Waals surface area contributed by atoms with E-state index in [0.29, 0.717) is 10.8 Å². The minimum atomic E-state index is -5.91. The molecule has 182 valence electrons. The number of aromatic nitrogens is 2. The van der Waals surface area contributed by atoms with E-state index in [2.05, 4.69) is 13.1 Å². The number of nitrogens with one attached hydrogen (secondary N) is 1. The number of aliphatic hydroxyl groups excluding tert-OH is 3. The van der Waals surface area contributed by atoms with Crippen LogP contribution in [0.15, 0.2) is 15.8 Å². The molecule has 1 aromatic rings. The van der Waals surface area contributed by atoms with E-state index in [-0.39, 0.29) is 6.29 Å². The standard InChI is InChI=1S/C10H15N2O17P3/c13-2-3-1-12(10(18)11-7(3)16)8-5(15)4(14)6(26-8)9(17)27-31(22,23)29-32(24,25)28-30(19,20)21/h1-2,4-6,8-9,14-15,17H,(H,22,23)(H,24,25)(H,11,16,18)(H2,19,20,21)/t4-,5+,6-,8-,9?/m0/s1. The first kappa shape index (κ1) is 26.8. The van der Waals surface area contributed by atoms with E-state index >= 15 is 0 Å². The van der Waals surface area contributed by atoms with Crippen LogP contribution in [0, 0.1) is 0 Å². The third kappa shape index (κ3) is 6.57. The van der Waals surface area contributed by atoms with Crippen LogP contribution in [0.2, 0.25) is 0 Å². The molecule has 1 fully saturated rings. The molecule has 32 heavy (non-hydrogen) atoms. The predicted molar refractivity (Wildman–Crippen MR) is 93.6 cm³/mol. The molecule has 1 saturated heterocycles. The van der Waals surface area contributed by atoms with Gasteiger partial charge in [0.2, 0.25) is 0 Å². The average molecular weight is 528 g/mol. The number of aromatic amines is 1. The molecule has 3 unspecified atom stereocenters. The Morgan fingerprint density at radius 2 is 1.66 bits per heavy atom. The molecule has 19 nitrogen and oxygen atoms in total. The zero-order chi connectivity index (χ0) is 24.6. The van der Waals surface area contributed by atoms with Crippen LogP contribution in [0.25, 0.3) is 0 Å². The van der Waals surface area contributed by atoms with Gasteiger partial charge in [0.05, 0.1) is 5.56 Å². The molecule has 8 N–H and O–H groups in total. The van der Waals surface area contributed by atoms with Gasteiger partial charge in [-0.25, -0.2) is 18.5 Å². The van der Waals surface area contributed by atoms with Crippen LogP contribution in [-0.2, 0) is 31.6 Å². The summed E-state index contributed by atoms with van der Waals surface area (Å²) in [7, 11) is -17.4. The Balaban J connectivity index is 2.21. The number of nitrogens with zero attached hydrogens (tertiary/aromatic N) is 1. The van der Waals surface area contributed by atoms with Gasteiger partial charge in [-0.1, -0.05) is 0 Å². The Bertz CT molecular complexity index is 1120. The van der Waals surface area contributed by atoms with Gasteiger partial charge in [0.1, 0.15) is 18.3 Å². The van der Waals surface area contributed by atoms with Gasteiger partial charge in [-0.2, -0.15) is 8.62 Å². The molecule has 0 saturated carbocycles. The maximum atomic E-state index is 11.9. The van der Waals surface area contributed by atoms with Crippen LogP contribution < -0.4 is 11.2 Å². The van der Waals surface area contributed by atoms with E-state index in [0.717, 1.165) is 0 Å². The van der Waals surface area contributed by atoms with Gasteiger partial charge in [-0.15, -0.1) is 0 Å². The highest BCUT2D eigenvalue weighted by Crippen LogP contribution is 2.66. The number of phosphoric acid groups is 3. The molecule has 0 bridgehead atoms. The Morgan fingerprint density at radius 1 is 1.06 bits per heavy atom. The van der Waals surface area contributed by atoms with Crippen molar-refractivity contribution in [1.82, 2.24) is 9.55 Å². The molecule has 1 aliphatic rings. The summed E-state index contributed by atoms with van der Waals surface area (Å²) in [5.41, 5.74) is -2.90. The third-order valence-corrected chi connectivity index (χ3v) is 7.42. The van der Waals surface area contributed by atoms with Crippen LogP contribution in [-0.4, -0.2) is 75.3 Å². The van der Waals surface area contributed by atoms with E-state index in [4.69, 9.17) is 19.4 Å². The Morgan fingerprint density at radius 3 is 2.19 bits per heavy atom. The molecule has 0 aromatic carbocycles. The number of hydrogen-bond acceptors (Lipinski definition) is 13. The van der Waals surface area contributed by atoms with E-state index in [1.54, 1.807) is 4.98 Å². The first-order valence-corrected chi connectivity index (χ1v) is 12.3. The van der Waals surface area contributed by atoms with Gasteiger partial charge in [0, 0.05) is 6.20 Å². The van der Waals surface area contributed by atoms with Crippen LogP contribution in [0.1, 0.15) is 16.6 Å². The van der Waals surface area contributed by atoms with Gasteiger partial charge >= 0.3 is 29.2 Å². The second kappa shape index (κ2) is 9.46. The summed E-state index contributed by atoms with van der Waals surface area (Å²) in [5.74, 6) is 0. The summed E-state index contributed by atoms with van der Waals surface area (Å²) < 4.78 is 49.9. The lowest BCUT2D eigenvalue weighted by molar-refractivity contribution is -0.161. The Hall–Kier alpha value is -1.40. The fourth-order valence-corrected chi connectivity index (χ4v) is 5.47. The number of ether oxygens (including phenoxy) is 1. The van der Waals surface area contributed by atoms with Gasteiger partial charge in [0.25, 0.3) is 5.56 Å². The second-order valence-corrected chi connectivity index (χ2v) is 10.3. The zero-order valence-electron chi connectivity index (χ0n) is 15.0. The first-order valence-electron chi connectivity index (χ1n) is 7.79. The lowest BCUT2D eigenvalue weighted by Crippen LogP contribution is -2.40. The van der Waals surface area contributed by atoms with Crippen LogP contribution in [0.3, 0.4) is 0 Å². The maximum Gasteiger partial charge on any atom is 0.490 e. The average Bonchev–Trinajstić information content (AvgIpc) is 2.87. The van der Waals surface area contributed by atoms with Gasteiger partial charge in [-0.05, 0) is 0 Å². The molecule has 1 aromatic heterocycles. The summed E-state index contributed by atoms with van der Waals surface area (Å²) in [5, 5.41) is 29.9. The molecule has 0 amide bonds. The minimum absolute atomic E-state index is 0.0498. The predicted octanol–water partition coefficient (Wildman–Crippen LogP) is -3.37. The van der Waals surface area contributed by atoms with Crippen molar-refractivity contribution in [1.29, 1.82) is 0 Å². The molecular weight excluding hydrogens is 513 g/mol. The number of aldehydes is 1. The van der Waals surface area contributed by atoms with Crippen molar-refractivity contribution in [2.75, 3.05) is 0 Å². The summed E-state index contributed by atoms with van der Waals surface area (Å²) in [6.45, 7) is 0. The van der Waals surface area contributed by atoms with Crippen molar-refractivity contribution in [3.63, 3.8) is 0 Å². The van der Waals surface area contributed by atoms with Crippen molar-refractivity contribution in [2.45, 2.75) is 30.8 Å². The summed E-state index contributed by atoms with van der Waals surface area (Å²) in [6.07, 6.45) is -10.3. The fourth-order valence-electron chi connectivity index (χ4n) is 2.42. The zero-order valence-corrected chi connectivity index (χ0v) is 17.7. The number of rotatable bonds is 9. The Kier molecular flexibility index (Phi) is 7.93. The molecule has 0 radical (unpaired) electrons. The summed E-state index contributed by atoms with van der Waals surface area (Å²) >= 11 is 0. The topological polar surface area (TPSA) is 302 Å². The molecular formula is C10H15N2O17P3. The second-order valence-electron chi connectivity index (χ2n) is 5.93. The largest absolute Gasteiger partial charge is 0.490 e. The molecule has 22 heteroatoms. The van der Waals surface area contributed by atoms with E-state index < -0.39 is 71.1 Å². The number of carbonyl (C=O) groups excluding carboxylic acids is 1. The van der Waals surface area contributed by atoms with Gasteiger partial charge in [0.15, 0.2) is 18.8 Å². The van der Waals surface area contributed by atoms with Crippen molar-refractivity contribution >= 4 is 29.8 Å². The maximum absolute atomic E-state index is 11.9. The van der Waals surface area contributed by atoms with E-state index in [1.807, 2.05) is 0 Å². The molecule has 2 rings (SSSR count). The molecule has 0 aliphatic carbocycles. The van der Waals surface area contributed by atoms with E-state index in [1.165, 1.54) is 0 Å². The third-order valence-electron chi connectivity index (χ3n) is 3.61. The first-order chi connectivity index (χ1) is 14.5. The lowest BCUT2D eigenvalue weighted by Gasteiger charge is -2.23. The van der Waals surface area contributed by atoms with Crippen molar-refractivity contribution in [2.24, 2.45) is 0 Å². The number of carbonyl (C=O) groups is 1. The number of phosphoric ester groups is 1. The normalized spacial score (nSPS) is 28.6. The van der Waals surface area contributed by atoms with Gasteiger partial charge in [-0.3, -0.25) is 23.7 Å². The smallest absolute Gasteiger partial charge is 0.387 e. The summed E-state index contributed by atoms with van der Waals surface area (Å²) in [4.78, 5) is 71.3. The highest BCUT2D eigenvalue weighted by Gasteiger charge is 2.50. The van der Waals surface area contributed by atoms with Gasteiger partial charge < -0.3 is 39.6 Å². The number of aliphatic hydroxyl groups is 3. The fraction of sp³-hybridized carbons (Fsp3) is 0.500. The molecule has 7 atom stereocenters. The van der Waals surface area contributed by atoms with E-state index in [9.17, 15) is 48.3 Å². The Labute approximate surface area is 174 Å².